The molecule has 0 saturated carbocycles. The topological polar surface area (TPSA) is 37.6 Å². The Morgan fingerprint density at radius 3 is 2.77 bits per heavy atom. The van der Waals surface area contributed by atoms with Gasteiger partial charge in [0.25, 0.3) is 0 Å². The van der Waals surface area contributed by atoms with Crippen LogP contribution in [0.15, 0.2) is 22.2 Å². The maximum Gasteiger partial charge on any atom is 0.109 e. The van der Waals surface area contributed by atoms with Crippen LogP contribution in [0.3, 0.4) is 0 Å². The first-order valence-corrected chi connectivity index (χ1v) is 4.06. The Morgan fingerprint density at radius 2 is 2.23 bits per heavy atom. The van der Waals surface area contributed by atoms with Crippen molar-refractivity contribution in [3.05, 3.63) is 23.5 Å². The number of aliphatic imine (C=N–C) groups is 2. The van der Waals surface area contributed by atoms with Gasteiger partial charge in [-0.15, -0.1) is 0 Å². The third kappa shape index (κ3) is 1.99. The van der Waals surface area contributed by atoms with Crippen LogP contribution in [0.25, 0.3) is 0 Å². The molecule has 1 aromatic rings. The first-order chi connectivity index (χ1) is 6.19. The molecule has 0 bridgehead atoms. The third-order valence-electron chi connectivity index (χ3n) is 1.85. The summed E-state index contributed by atoms with van der Waals surface area (Å²) in [6.45, 7) is 7.39. The van der Waals surface area contributed by atoms with Gasteiger partial charge in [-0.1, -0.05) is 0 Å². The van der Waals surface area contributed by atoms with Crippen molar-refractivity contribution in [2.24, 2.45) is 9.98 Å². The van der Waals surface area contributed by atoms with Crippen molar-refractivity contribution in [3.8, 4) is 0 Å². The highest BCUT2D eigenvalue weighted by Crippen LogP contribution is 2.18. The first kappa shape index (κ1) is 9.58. The fraction of sp³-hybridized carbons (Fsp3) is 0.300. The van der Waals surface area contributed by atoms with Crippen LogP contribution in [0.1, 0.15) is 18.2 Å². The highest BCUT2D eigenvalue weighted by atomic mass is 14.8. The second-order valence-electron chi connectivity index (χ2n) is 2.85. The molecule has 0 unspecified atom stereocenters. The molecule has 1 rings (SSSR count). The SMILES string of the molecule is C=Nc1cc(C)cnc1C(C)=NC. The van der Waals surface area contributed by atoms with E-state index in [2.05, 4.69) is 21.7 Å². The molecule has 0 aliphatic heterocycles. The number of rotatable bonds is 2. The Morgan fingerprint density at radius 1 is 1.54 bits per heavy atom. The lowest BCUT2D eigenvalue weighted by Crippen LogP contribution is -1.98. The lowest BCUT2D eigenvalue weighted by molar-refractivity contribution is 1.21. The average molecular weight is 175 g/mol. The first-order valence-electron chi connectivity index (χ1n) is 4.06. The van der Waals surface area contributed by atoms with Crippen LogP contribution in [0, 0.1) is 6.92 Å². The van der Waals surface area contributed by atoms with E-state index in [1.807, 2.05) is 19.9 Å². The maximum absolute atomic E-state index is 4.26. The fourth-order valence-electron chi connectivity index (χ4n) is 1.06. The highest BCUT2D eigenvalue weighted by Gasteiger charge is 2.04. The molecule has 68 valence electrons. The van der Waals surface area contributed by atoms with Crippen LogP contribution in [0.2, 0.25) is 0 Å². The summed E-state index contributed by atoms with van der Waals surface area (Å²) in [5.41, 5.74) is 3.56. The van der Waals surface area contributed by atoms with Crippen LogP contribution in [0.4, 0.5) is 5.69 Å². The van der Waals surface area contributed by atoms with Crippen molar-refractivity contribution >= 4 is 18.1 Å². The highest BCUT2D eigenvalue weighted by molar-refractivity contribution is 6.01. The molecule has 1 aromatic heterocycles. The number of hydrogen-bond donors (Lipinski definition) is 0. The minimum atomic E-state index is 0.795. The van der Waals surface area contributed by atoms with Gasteiger partial charge in [-0.25, -0.2) is 0 Å². The molecule has 3 nitrogen and oxygen atoms in total. The molecular weight excluding hydrogens is 162 g/mol. The van der Waals surface area contributed by atoms with E-state index in [4.69, 9.17) is 0 Å². The second-order valence-corrected chi connectivity index (χ2v) is 2.85. The molecule has 1 heterocycles. The fourth-order valence-corrected chi connectivity index (χ4v) is 1.06. The van der Waals surface area contributed by atoms with E-state index in [-0.39, 0.29) is 0 Å². The van der Waals surface area contributed by atoms with Crippen molar-refractivity contribution in [3.63, 3.8) is 0 Å². The molecule has 0 aromatic carbocycles. The Hall–Kier alpha value is -1.51. The van der Waals surface area contributed by atoms with Crippen LogP contribution in [-0.2, 0) is 0 Å². The van der Waals surface area contributed by atoms with Gasteiger partial charge >= 0.3 is 0 Å². The van der Waals surface area contributed by atoms with Crippen LogP contribution in [-0.4, -0.2) is 24.5 Å². The zero-order valence-corrected chi connectivity index (χ0v) is 8.20. The van der Waals surface area contributed by atoms with Gasteiger partial charge in [0.1, 0.15) is 5.69 Å². The monoisotopic (exact) mass is 175 g/mol. The number of pyridine rings is 1. The van der Waals surface area contributed by atoms with Gasteiger partial charge in [0.15, 0.2) is 0 Å². The van der Waals surface area contributed by atoms with E-state index in [1.165, 1.54) is 0 Å². The largest absolute Gasteiger partial charge is 0.291 e. The Labute approximate surface area is 78.3 Å². The third-order valence-corrected chi connectivity index (χ3v) is 1.85. The summed E-state index contributed by atoms with van der Waals surface area (Å²) in [6, 6.07) is 1.95. The van der Waals surface area contributed by atoms with E-state index < -0.39 is 0 Å². The van der Waals surface area contributed by atoms with E-state index in [0.717, 1.165) is 22.7 Å². The molecule has 0 fully saturated rings. The van der Waals surface area contributed by atoms with Gasteiger partial charge in [-0.3, -0.25) is 15.0 Å². The van der Waals surface area contributed by atoms with Gasteiger partial charge in [0, 0.05) is 13.2 Å². The average Bonchev–Trinajstić information content (AvgIpc) is 2.16. The normalized spacial score (nSPS) is 11.5. The minimum Gasteiger partial charge on any atom is -0.291 e. The Balaban J connectivity index is 3.29. The van der Waals surface area contributed by atoms with Gasteiger partial charge in [-0.2, -0.15) is 0 Å². The molecule has 0 spiro atoms. The van der Waals surface area contributed by atoms with Crippen molar-refractivity contribution in [1.82, 2.24) is 4.98 Å². The molecule has 0 saturated heterocycles. The summed E-state index contributed by atoms with van der Waals surface area (Å²) in [6.07, 6.45) is 1.80. The predicted molar refractivity (Wildman–Crippen MR) is 56.3 cm³/mol. The van der Waals surface area contributed by atoms with Gasteiger partial charge in [-0.05, 0) is 32.2 Å². The van der Waals surface area contributed by atoms with E-state index in [9.17, 15) is 0 Å². The van der Waals surface area contributed by atoms with Crippen molar-refractivity contribution < 1.29 is 0 Å². The quantitative estimate of drug-likeness (QED) is 0.635. The maximum atomic E-state index is 4.26. The molecule has 3 heteroatoms. The molecule has 0 atom stereocenters. The molecule has 0 amide bonds. The molecule has 0 N–H and O–H groups in total. The van der Waals surface area contributed by atoms with Crippen LogP contribution >= 0.6 is 0 Å². The second kappa shape index (κ2) is 3.94. The summed E-state index contributed by atoms with van der Waals surface area (Å²) in [7, 11) is 1.74. The van der Waals surface area contributed by atoms with Crippen molar-refractivity contribution in [1.29, 1.82) is 0 Å². The van der Waals surface area contributed by atoms with E-state index in [0.29, 0.717) is 0 Å². The Kier molecular flexibility index (Phi) is 2.90. The lowest BCUT2D eigenvalue weighted by Gasteiger charge is -2.03. The van der Waals surface area contributed by atoms with Gasteiger partial charge in [0.05, 0.1) is 11.4 Å². The molecule has 13 heavy (non-hydrogen) atoms. The summed E-state index contributed by atoms with van der Waals surface area (Å²) >= 11 is 0. The van der Waals surface area contributed by atoms with Crippen LogP contribution < -0.4 is 0 Å². The molecule has 0 radical (unpaired) electrons. The smallest absolute Gasteiger partial charge is 0.109 e. The van der Waals surface area contributed by atoms with Crippen molar-refractivity contribution in [2.45, 2.75) is 13.8 Å². The Bertz CT molecular complexity index is 353. The summed E-state index contributed by atoms with van der Waals surface area (Å²) in [5.74, 6) is 0. The predicted octanol–water partition coefficient (Wildman–Crippen LogP) is 2.16. The number of hydrogen-bond acceptors (Lipinski definition) is 3. The van der Waals surface area contributed by atoms with Crippen LogP contribution in [0.5, 0.6) is 0 Å². The van der Waals surface area contributed by atoms with E-state index >= 15 is 0 Å². The summed E-state index contributed by atoms with van der Waals surface area (Å²) in [4.78, 5) is 12.2. The number of aryl methyl sites for hydroxylation is 1. The zero-order valence-electron chi connectivity index (χ0n) is 8.20. The van der Waals surface area contributed by atoms with Gasteiger partial charge in [0.2, 0.25) is 0 Å². The van der Waals surface area contributed by atoms with E-state index in [1.54, 1.807) is 13.2 Å². The summed E-state index contributed by atoms with van der Waals surface area (Å²) < 4.78 is 0. The van der Waals surface area contributed by atoms with Crippen molar-refractivity contribution in [2.75, 3.05) is 7.05 Å². The minimum absolute atomic E-state index is 0.795. The molecule has 0 aliphatic rings. The number of aromatic nitrogens is 1. The van der Waals surface area contributed by atoms with Gasteiger partial charge < -0.3 is 0 Å². The standard InChI is InChI=1S/C10H13N3/c1-7-5-9(12-4)10(13-6-7)8(2)11-3/h5-6H,4H2,1-3H3. The molecular formula is C10H13N3. The molecule has 0 aliphatic carbocycles. The lowest BCUT2D eigenvalue weighted by atomic mass is 10.2. The summed E-state index contributed by atoms with van der Waals surface area (Å²) in [5, 5.41) is 0. The zero-order chi connectivity index (χ0) is 9.84. The number of nitrogens with zero attached hydrogens (tertiary/aromatic N) is 3.